The Labute approximate surface area is 238 Å². The number of rotatable bonds is 8. The number of nitrogen functional groups attached to an aromatic ring is 1. The molecule has 0 aliphatic carbocycles. The van der Waals surface area contributed by atoms with E-state index in [9.17, 15) is 14.4 Å². The van der Waals surface area contributed by atoms with Gasteiger partial charge in [-0.1, -0.05) is 36.4 Å². The summed E-state index contributed by atoms with van der Waals surface area (Å²) in [6, 6.07) is 17.0. The van der Waals surface area contributed by atoms with Crippen molar-refractivity contribution in [3.05, 3.63) is 95.1 Å². The largest absolute Gasteiger partial charge is 0.381 e. The van der Waals surface area contributed by atoms with Gasteiger partial charge in [0.05, 0.1) is 29.1 Å². The molecule has 0 saturated carbocycles. The molecular weight excluding hydrogens is 519 g/mol. The zero-order valence-electron chi connectivity index (χ0n) is 22.8. The standard InChI is InChI=1S/C31H31FN8O/c1-20(23-9-11-25(32)12-10-23)38-31(41)26-15-22(16-33)18-37-29(26)36-17-21-5-7-24(8-6-21)27-19-35-28(34)30(39-27)40-13-3-2-4-14-40/h5-12,15,18-20H,2-4,13-14,17H2,1H3,(H2,34,35)(H,36,37)(H,38,41). The van der Waals surface area contributed by atoms with Crippen molar-refractivity contribution >= 4 is 23.4 Å². The minimum atomic E-state index is -0.393. The van der Waals surface area contributed by atoms with Crippen LogP contribution in [0.15, 0.2) is 67.0 Å². The zero-order valence-corrected chi connectivity index (χ0v) is 22.8. The number of nitrogens with zero attached hydrogens (tertiary/aromatic N) is 5. The number of hydrogen-bond donors (Lipinski definition) is 3. The van der Waals surface area contributed by atoms with E-state index < -0.39 is 5.91 Å². The molecule has 4 aromatic rings. The van der Waals surface area contributed by atoms with E-state index >= 15 is 0 Å². The lowest BCUT2D eigenvalue weighted by Gasteiger charge is -2.28. The minimum absolute atomic E-state index is 0.247. The molecule has 0 radical (unpaired) electrons. The van der Waals surface area contributed by atoms with E-state index in [-0.39, 0.29) is 23.0 Å². The summed E-state index contributed by atoms with van der Waals surface area (Å²) in [6.45, 7) is 4.07. The number of pyridine rings is 1. The van der Waals surface area contributed by atoms with Gasteiger partial charge in [-0.25, -0.2) is 19.3 Å². The molecule has 0 spiro atoms. The quantitative estimate of drug-likeness (QED) is 0.272. The summed E-state index contributed by atoms with van der Waals surface area (Å²) >= 11 is 0. The van der Waals surface area contributed by atoms with Gasteiger partial charge in [0, 0.05) is 31.4 Å². The molecule has 1 amide bonds. The lowest BCUT2D eigenvalue weighted by Crippen LogP contribution is -2.31. The van der Waals surface area contributed by atoms with Crippen LogP contribution in [0.25, 0.3) is 11.3 Å². The highest BCUT2D eigenvalue weighted by molar-refractivity contribution is 5.99. The van der Waals surface area contributed by atoms with Crippen LogP contribution < -0.4 is 21.3 Å². The number of halogens is 1. The molecule has 9 nitrogen and oxygen atoms in total. The molecule has 5 rings (SSSR count). The van der Waals surface area contributed by atoms with Crippen LogP contribution >= 0.6 is 0 Å². The van der Waals surface area contributed by atoms with E-state index in [2.05, 4.69) is 25.5 Å². The van der Waals surface area contributed by atoms with Gasteiger partial charge in [0.25, 0.3) is 5.91 Å². The number of carbonyl (C=O) groups is 1. The van der Waals surface area contributed by atoms with Crippen molar-refractivity contribution in [2.45, 2.75) is 38.8 Å². The molecule has 2 aromatic carbocycles. The van der Waals surface area contributed by atoms with Crippen molar-refractivity contribution in [2.75, 3.05) is 29.0 Å². The Bertz CT molecular complexity index is 1560. The van der Waals surface area contributed by atoms with E-state index in [0.717, 1.165) is 54.1 Å². The first-order valence-electron chi connectivity index (χ1n) is 13.6. The van der Waals surface area contributed by atoms with Crippen LogP contribution in [-0.2, 0) is 6.54 Å². The van der Waals surface area contributed by atoms with Crippen LogP contribution in [0.5, 0.6) is 0 Å². The molecule has 1 aliphatic heterocycles. The van der Waals surface area contributed by atoms with Gasteiger partial charge >= 0.3 is 0 Å². The van der Waals surface area contributed by atoms with E-state index in [1.807, 2.05) is 37.3 Å². The lowest BCUT2D eigenvalue weighted by molar-refractivity contribution is 0.0940. The lowest BCUT2D eigenvalue weighted by atomic mass is 10.1. The average molecular weight is 551 g/mol. The third kappa shape index (κ3) is 6.58. The highest BCUT2D eigenvalue weighted by Gasteiger charge is 2.19. The normalized spacial score (nSPS) is 13.7. The summed E-state index contributed by atoms with van der Waals surface area (Å²) < 4.78 is 13.3. The van der Waals surface area contributed by atoms with E-state index in [4.69, 9.17) is 10.7 Å². The predicted octanol–water partition coefficient (Wildman–Crippen LogP) is 5.22. The van der Waals surface area contributed by atoms with Gasteiger partial charge in [-0.3, -0.25) is 4.79 Å². The molecule has 4 N–H and O–H groups in total. The van der Waals surface area contributed by atoms with Crippen molar-refractivity contribution < 1.29 is 9.18 Å². The number of nitrogens with two attached hydrogens (primary N) is 1. The minimum Gasteiger partial charge on any atom is -0.381 e. The Balaban J connectivity index is 1.28. The summed E-state index contributed by atoms with van der Waals surface area (Å²) in [5.41, 5.74) is 10.1. The molecule has 1 saturated heterocycles. The van der Waals surface area contributed by atoms with E-state index in [1.165, 1.54) is 30.8 Å². The van der Waals surface area contributed by atoms with Crippen molar-refractivity contribution in [1.82, 2.24) is 20.3 Å². The van der Waals surface area contributed by atoms with Crippen LogP contribution in [0.3, 0.4) is 0 Å². The first-order chi connectivity index (χ1) is 19.9. The predicted molar refractivity (Wildman–Crippen MR) is 157 cm³/mol. The van der Waals surface area contributed by atoms with Crippen LogP contribution in [0, 0.1) is 17.1 Å². The number of anilines is 3. The maximum absolute atomic E-state index is 13.3. The topological polar surface area (TPSA) is 133 Å². The maximum atomic E-state index is 13.3. The number of amides is 1. The molecule has 208 valence electrons. The van der Waals surface area contributed by atoms with E-state index in [0.29, 0.717) is 18.2 Å². The first-order valence-corrected chi connectivity index (χ1v) is 13.6. The second kappa shape index (κ2) is 12.4. The van der Waals surface area contributed by atoms with Crippen LogP contribution in [0.2, 0.25) is 0 Å². The van der Waals surface area contributed by atoms with Gasteiger partial charge in [0.2, 0.25) is 0 Å². The smallest absolute Gasteiger partial charge is 0.255 e. The van der Waals surface area contributed by atoms with Gasteiger partial charge in [-0.2, -0.15) is 5.26 Å². The van der Waals surface area contributed by atoms with Gasteiger partial charge in [0.15, 0.2) is 11.6 Å². The molecule has 1 aliphatic rings. The fourth-order valence-corrected chi connectivity index (χ4v) is 4.79. The third-order valence-corrected chi connectivity index (χ3v) is 7.13. The summed E-state index contributed by atoms with van der Waals surface area (Å²) in [5.74, 6) is 0.794. The molecule has 1 unspecified atom stereocenters. The van der Waals surface area contributed by atoms with Crippen molar-refractivity contribution in [1.29, 1.82) is 5.26 Å². The van der Waals surface area contributed by atoms with E-state index in [1.54, 1.807) is 18.3 Å². The Morgan fingerprint density at radius 1 is 1.07 bits per heavy atom. The van der Waals surface area contributed by atoms with Gasteiger partial charge in [-0.15, -0.1) is 0 Å². The SMILES string of the molecule is CC(NC(=O)c1cc(C#N)cnc1NCc1ccc(-c2cnc(N)c(N3CCCCC3)n2)cc1)c1ccc(F)cc1. The zero-order chi connectivity index (χ0) is 28.8. The number of nitriles is 1. The Kier molecular flexibility index (Phi) is 8.34. The second-order valence-corrected chi connectivity index (χ2v) is 10.0. The molecule has 0 bridgehead atoms. The monoisotopic (exact) mass is 550 g/mol. The number of carbonyl (C=O) groups excluding carboxylic acids is 1. The fraction of sp³-hybridized carbons (Fsp3) is 0.258. The number of benzene rings is 2. The molecule has 2 aromatic heterocycles. The number of piperidine rings is 1. The molecule has 10 heteroatoms. The summed E-state index contributed by atoms with van der Waals surface area (Å²) in [5, 5.41) is 15.5. The average Bonchev–Trinajstić information content (AvgIpc) is 3.01. The Morgan fingerprint density at radius 2 is 1.80 bits per heavy atom. The van der Waals surface area contributed by atoms with Crippen molar-refractivity contribution in [2.24, 2.45) is 0 Å². The fourth-order valence-electron chi connectivity index (χ4n) is 4.79. The number of nitrogens with one attached hydrogen (secondary N) is 2. The highest BCUT2D eigenvalue weighted by atomic mass is 19.1. The van der Waals surface area contributed by atoms with Gasteiger partial charge < -0.3 is 21.3 Å². The van der Waals surface area contributed by atoms with Crippen LogP contribution in [0.1, 0.15) is 59.3 Å². The van der Waals surface area contributed by atoms with Crippen molar-refractivity contribution in [3.8, 4) is 17.3 Å². The summed E-state index contributed by atoms with van der Waals surface area (Å²) in [4.78, 5) is 28.9. The van der Waals surface area contributed by atoms with Crippen LogP contribution in [-0.4, -0.2) is 33.9 Å². The second-order valence-electron chi connectivity index (χ2n) is 10.0. The molecule has 1 fully saturated rings. The molecule has 41 heavy (non-hydrogen) atoms. The van der Waals surface area contributed by atoms with Crippen LogP contribution in [0.4, 0.5) is 21.8 Å². The summed E-state index contributed by atoms with van der Waals surface area (Å²) in [7, 11) is 0. The number of hydrogen-bond acceptors (Lipinski definition) is 8. The maximum Gasteiger partial charge on any atom is 0.255 e. The Morgan fingerprint density at radius 3 is 2.51 bits per heavy atom. The Hall–Kier alpha value is -5.04. The highest BCUT2D eigenvalue weighted by Crippen LogP contribution is 2.27. The first kappa shape index (κ1) is 27.5. The molecule has 3 heterocycles. The van der Waals surface area contributed by atoms with Crippen molar-refractivity contribution in [3.63, 3.8) is 0 Å². The number of aromatic nitrogens is 3. The van der Waals surface area contributed by atoms with Gasteiger partial charge in [0.1, 0.15) is 17.7 Å². The summed E-state index contributed by atoms with van der Waals surface area (Å²) in [6.07, 6.45) is 6.58. The molecular formula is C31H31FN8O. The van der Waals surface area contributed by atoms with Gasteiger partial charge in [-0.05, 0) is 55.5 Å². The third-order valence-electron chi connectivity index (χ3n) is 7.13. The molecule has 1 atom stereocenters.